The molecule has 1 atom stereocenters. The van der Waals surface area contributed by atoms with E-state index < -0.39 is 0 Å². The second kappa shape index (κ2) is 4.79. The number of nitrogens with zero attached hydrogens (tertiary/aromatic N) is 3. The van der Waals surface area contributed by atoms with E-state index in [-0.39, 0.29) is 30.9 Å². The summed E-state index contributed by atoms with van der Waals surface area (Å²) < 4.78 is 1.96. The molecule has 2 N–H and O–H groups in total. The normalized spacial score (nSPS) is 19.7. The average Bonchev–Trinajstić information content (AvgIpc) is 2.27. The third-order valence-electron chi connectivity index (χ3n) is 2.01. The number of aryl methyl sites for hydroxylation is 2. The van der Waals surface area contributed by atoms with Crippen molar-refractivity contribution in [3.05, 3.63) is 11.6 Å². The Balaban J connectivity index is 0.000000720. The van der Waals surface area contributed by atoms with Crippen molar-refractivity contribution in [1.29, 1.82) is 0 Å². The van der Waals surface area contributed by atoms with Gasteiger partial charge in [0.05, 0.1) is 0 Å². The first-order valence-electron chi connectivity index (χ1n) is 3.91. The molecule has 1 aromatic heterocycles. The molecule has 0 fully saturated rings. The fraction of sp³-hybridized carbons (Fsp3) is 0.714. The minimum absolute atomic E-state index is 0. The van der Waals surface area contributed by atoms with E-state index in [9.17, 15) is 0 Å². The number of halogens is 2. The van der Waals surface area contributed by atoms with E-state index in [4.69, 9.17) is 5.73 Å². The van der Waals surface area contributed by atoms with Crippen LogP contribution >= 0.6 is 24.8 Å². The van der Waals surface area contributed by atoms with Crippen LogP contribution in [0.5, 0.6) is 0 Å². The predicted molar refractivity (Wildman–Crippen MR) is 55.6 cm³/mol. The van der Waals surface area contributed by atoms with Crippen molar-refractivity contribution in [3.8, 4) is 0 Å². The zero-order valence-corrected chi connectivity index (χ0v) is 9.07. The SMILES string of the molecule is Cc1nc2n(n1)CCC(N)C2.Cl.Cl. The summed E-state index contributed by atoms with van der Waals surface area (Å²) in [6.45, 7) is 2.84. The van der Waals surface area contributed by atoms with Crippen LogP contribution in [0.4, 0.5) is 0 Å². The van der Waals surface area contributed by atoms with E-state index in [2.05, 4.69) is 10.1 Å². The van der Waals surface area contributed by atoms with Crippen molar-refractivity contribution in [1.82, 2.24) is 14.8 Å². The number of fused-ring (bicyclic) bond motifs is 1. The lowest BCUT2D eigenvalue weighted by molar-refractivity contribution is 0.432. The maximum Gasteiger partial charge on any atom is 0.147 e. The molecule has 1 aliphatic heterocycles. The highest BCUT2D eigenvalue weighted by Crippen LogP contribution is 2.10. The molecule has 0 aromatic carbocycles. The van der Waals surface area contributed by atoms with Crippen LogP contribution in [0, 0.1) is 6.92 Å². The van der Waals surface area contributed by atoms with Gasteiger partial charge in [0.2, 0.25) is 0 Å². The Kier molecular flexibility index (Phi) is 4.67. The maximum absolute atomic E-state index is 5.78. The first-order valence-corrected chi connectivity index (χ1v) is 3.91. The van der Waals surface area contributed by atoms with E-state index >= 15 is 0 Å². The van der Waals surface area contributed by atoms with Gasteiger partial charge in [-0.2, -0.15) is 5.10 Å². The van der Waals surface area contributed by atoms with Gasteiger partial charge in [0, 0.05) is 19.0 Å². The summed E-state index contributed by atoms with van der Waals surface area (Å²) in [5.74, 6) is 1.90. The third kappa shape index (κ3) is 2.56. The molecule has 0 amide bonds. The first kappa shape index (κ1) is 12.7. The average molecular weight is 225 g/mol. The molecule has 2 rings (SSSR count). The Bertz CT molecular complexity index is 273. The van der Waals surface area contributed by atoms with Gasteiger partial charge in [-0.3, -0.25) is 0 Å². The summed E-state index contributed by atoms with van der Waals surface area (Å²) >= 11 is 0. The lowest BCUT2D eigenvalue weighted by Gasteiger charge is -2.17. The second-order valence-electron chi connectivity index (χ2n) is 3.05. The Hall–Kier alpha value is -0.320. The molecule has 1 aromatic rings. The van der Waals surface area contributed by atoms with Crippen LogP contribution in [0.2, 0.25) is 0 Å². The largest absolute Gasteiger partial charge is 0.327 e. The van der Waals surface area contributed by atoms with Gasteiger partial charge >= 0.3 is 0 Å². The monoisotopic (exact) mass is 224 g/mol. The van der Waals surface area contributed by atoms with Gasteiger partial charge in [-0.25, -0.2) is 9.67 Å². The molecular weight excluding hydrogens is 211 g/mol. The molecule has 0 aliphatic carbocycles. The molecule has 2 heterocycles. The highest BCUT2D eigenvalue weighted by atomic mass is 35.5. The summed E-state index contributed by atoms with van der Waals surface area (Å²) in [6, 6.07) is 0.283. The Labute approximate surface area is 89.7 Å². The number of aromatic nitrogens is 3. The Morgan fingerprint density at radius 3 is 2.85 bits per heavy atom. The van der Waals surface area contributed by atoms with Crippen molar-refractivity contribution >= 4 is 24.8 Å². The van der Waals surface area contributed by atoms with E-state index in [1.54, 1.807) is 0 Å². The molecule has 0 bridgehead atoms. The lowest BCUT2D eigenvalue weighted by Crippen LogP contribution is -2.31. The van der Waals surface area contributed by atoms with Crippen LogP contribution in [0.1, 0.15) is 18.1 Å². The lowest BCUT2D eigenvalue weighted by atomic mass is 10.1. The van der Waals surface area contributed by atoms with Crippen molar-refractivity contribution in [3.63, 3.8) is 0 Å². The second-order valence-corrected chi connectivity index (χ2v) is 3.05. The molecule has 4 nitrogen and oxygen atoms in total. The molecule has 6 heteroatoms. The summed E-state index contributed by atoms with van der Waals surface area (Å²) in [5, 5.41) is 4.24. The van der Waals surface area contributed by atoms with Gasteiger partial charge in [0.15, 0.2) is 0 Å². The van der Waals surface area contributed by atoms with Crippen LogP contribution in [0.25, 0.3) is 0 Å². The number of hydrogen-bond donors (Lipinski definition) is 1. The van der Waals surface area contributed by atoms with Crippen molar-refractivity contribution < 1.29 is 0 Å². The molecule has 0 spiro atoms. The molecule has 76 valence electrons. The van der Waals surface area contributed by atoms with Crippen molar-refractivity contribution in [2.75, 3.05) is 0 Å². The highest BCUT2D eigenvalue weighted by Gasteiger charge is 2.17. The maximum atomic E-state index is 5.78. The highest BCUT2D eigenvalue weighted by molar-refractivity contribution is 5.85. The molecule has 1 unspecified atom stereocenters. The molecule has 1 aliphatic rings. The molecule has 0 saturated heterocycles. The van der Waals surface area contributed by atoms with E-state index in [0.717, 1.165) is 31.0 Å². The van der Waals surface area contributed by atoms with E-state index in [0.29, 0.717) is 0 Å². The van der Waals surface area contributed by atoms with Gasteiger partial charge < -0.3 is 5.73 Å². The number of rotatable bonds is 0. The third-order valence-corrected chi connectivity index (χ3v) is 2.01. The van der Waals surface area contributed by atoms with Gasteiger partial charge in [0.1, 0.15) is 11.6 Å². The summed E-state index contributed by atoms with van der Waals surface area (Å²) in [4.78, 5) is 4.27. The van der Waals surface area contributed by atoms with Gasteiger partial charge in [0.25, 0.3) is 0 Å². The van der Waals surface area contributed by atoms with Crippen LogP contribution in [-0.4, -0.2) is 20.8 Å². The molecular formula is C7H14Cl2N4. The molecule has 0 radical (unpaired) electrons. The number of nitrogens with two attached hydrogens (primary N) is 1. The summed E-state index contributed by atoms with van der Waals surface area (Å²) in [5.41, 5.74) is 5.78. The Morgan fingerprint density at radius 1 is 1.46 bits per heavy atom. The standard InChI is InChI=1S/C7H12N4.2ClH/c1-5-9-7-4-6(8)2-3-11(7)10-5;;/h6H,2-4,8H2,1H3;2*1H. The predicted octanol–water partition coefficient (Wildman–Crippen LogP) is 0.704. The van der Waals surface area contributed by atoms with Crippen LogP contribution in [0.15, 0.2) is 0 Å². The zero-order valence-electron chi connectivity index (χ0n) is 7.43. The fourth-order valence-corrected chi connectivity index (χ4v) is 1.45. The van der Waals surface area contributed by atoms with E-state index in [1.165, 1.54) is 0 Å². The first-order chi connectivity index (χ1) is 5.25. The van der Waals surface area contributed by atoms with Crippen molar-refractivity contribution in [2.24, 2.45) is 5.73 Å². The van der Waals surface area contributed by atoms with Gasteiger partial charge in [-0.15, -0.1) is 24.8 Å². The van der Waals surface area contributed by atoms with Crippen molar-refractivity contribution in [2.45, 2.75) is 32.4 Å². The Morgan fingerprint density at radius 2 is 2.15 bits per heavy atom. The van der Waals surface area contributed by atoms with Gasteiger partial charge in [-0.1, -0.05) is 0 Å². The van der Waals surface area contributed by atoms with Gasteiger partial charge in [-0.05, 0) is 13.3 Å². The summed E-state index contributed by atoms with van der Waals surface area (Å²) in [7, 11) is 0. The minimum Gasteiger partial charge on any atom is -0.327 e. The molecule has 0 saturated carbocycles. The zero-order chi connectivity index (χ0) is 7.84. The molecule has 13 heavy (non-hydrogen) atoms. The number of hydrogen-bond acceptors (Lipinski definition) is 3. The fourth-order valence-electron chi connectivity index (χ4n) is 1.45. The van der Waals surface area contributed by atoms with Crippen LogP contribution < -0.4 is 5.73 Å². The smallest absolute Gasteiger partial charge is 0.147 e. The summed E-state index contributed by atoms with van der Waals surface area (Å²) in [6.07, 6.45) is 1.90. The minimum atomic E-state index is 0. The van der Waals surface area contributed by atoms with E-state index in [1.807, 2.05) is 11.6 Å². The van der Waals surface area contributed by atoms with Crippen LogP contribution in [-0.2, 0) is 13.0 Å². The van der Waals surface area contributed by atoms with Crippen LogP contribution in [0.3, 0.4) is 0 Å². The topological polar surface area (TPSA) is 56.7 Å². The quantitative estimate of drug-likeness (QED) is 0.707.